The lowest BCUT2D eigenvalue weighted by Crippen LogP contribution is -2.28. The maximum atomic E-state index is 12.5. The van der Waals surface area contributed by atoms with Gasteiger partial charge in [0.2, 0.25) is 0 Å². The number of nitrogens with zero attached hydrogens (tertiary/aromatic N) is 4. The van der Waals surface area contributed by atoms with Crippen molar-refractivity contribution in [2.24, 2.45) is 14.1 Å². The lowest BCUT2D eigenvalue weighted by Gasteiger charge is -2.06. The number of carbonyl (C=O) groups excluding carboxylic acids is 1. The molecular weight excluding hydrogens is 342 g/mol. The molecule has 3 rings (SSSR count). The molecule has 0 saturated carbocycles. The van der Waals surface area contributed by atoms with Gasteiger partial charge in [0.25, 0.3) is 5.91 Å². The van der Waals surface area contributed by atoms with Gasteiger partial charge < -0.3 is 10.1 Å². The van der Waals surface area contributed by atoms with Crippen molar-refractivity contribution in [1.29, 1.82) is 0 Å². The van der Waals surface area contributed by atoms with Crippen molar-refractivity contribution in [3.8, 4) is 11.3 Å². The molecule has 0 aliphatic heterocycles. The van der Waals surface area contributed by atoms with E-state index in [0.29, 0.717) is 25.5 Å². The number of carbonyl (C=O) groups is 1. The van der Waals surface area contributed by atoms with Crippen molar-refractivity contribution in [3.63, 3.8) is 0 Å². The Bertz CT molecular complexity index is 928. The summed E-state index contributed by atoms with van der Waals surface area (Å²) in [6.07, 6.45) is 0. The highest BCUT2D eigenvalue weighted by molar-refractivity contribution is 5.93. The Labute approximate surface area is 159 Å². The minimum Gasteiger partial charge on any atom is -0.375 e. The predicted octanol–water partition coefficient (Wildman–Crippen LogP) is 2.38. The van der Waals surface area contributed by atoms with Crippen molar-refractivity contribution in [2.75, 3.05) is 13.2 Å². The number of aromatic nitrogens is 4. The SMILES string of the molecule is Cc1nn(C)c(C)c1-c1cc(C(=O)NCCOCc2ccccc2)n(C)n1. The summed E-state index contributed by atoms with van der Waals surface area (Å²) >= 11 is 0. The van der Waals surface area contributed by atoms with Gasteiger partial charge in [0.05, 0.1) is 24.6 Å². The van der Waals surface area contributed by atoms with Crippen LogP contribution in [0.15, 0.2) is 36.4 Å². The zero-order valence-electron chi connectivity index (χ0n) is 16.2. The molecule has 27 heavy (non-hydrogen) atoms. The lowest BCUT2D eigenvalue weighted by atomic mass is 10.1. The van der Waals surface area contributed by atoms with Crippen LogP contribution in [0.5, 0.6) is 0 Å². The summed E-state index contributed by atoms with van der Waals surface area (Å²) in [4.78, 5) is 12.5. The molecule has 0 bridgehead atoms. The van der Waals surface area contributed by atoms with Gasteiger partial charge in [-0.2, -0.15) is 10.2 Å². The van der Waals surface area contributed by atoms with E-state index in [4.69, 9.17) is 4.74 Å². The summed E-state index contributed by atoms with van der Waals surface area (Å²) in [5, 5.41) is 11.8. The number of rotatable bonds is 7. The summed E-state index contributed by atoms with van der Waals surface area (Å²) in [5.41, 5.74) is 5.27. The normalized spacial score (nSPS) is 11.0. The van der Waals surface area contributed by atoms with Crippen LogP contribution in [-0.2, 0) is 25.4 Å². The van der Waals surface area contributed by atoms with Gasteiger partial charge in [-0.3, -0.25) is 14.2 Å². The molecule has 0 fully saturated rings. The average Bonchev–Trinajstić information content (AvgIpc) is 3.14. The van der Waals surface area contributed by atoms with Gasteiger partial charge >= 0.3 is 0 Å². The average molecular weight is 367 g/mol. The van der Waals surface area contributed by atoms with Crippen LogP contribution in [0.4, 0.5) is 0 Å². The Balaban J connectivity index is 1.57. The number of ether oxygens (including phenoxy) is 1. The Kier molecular flexibility index (Phi) is 5.71. The number of aryl methyl sites for hydroxylation is 3. The van der Waals surface area contributed by atoms with Crippen molar-refractivity contribution < 1.29 is 9.53 Å². The second kappa shape index (κ2) is 8.18. The third-order valence-electron chi connectivity index (χ3n) is 4.52. The van der Waals surface area contributed by atoms with Crippen LogP contribution in [0.3, 0.4) is 0 Å². The van der Waals surface area contributed by atoms with Crippen molar-refractivity contribution in [2.45, 2.75) is 20.5 Å². The molecule has 142 valence electrons. The molecule has 0 atom stereocenters. The van der Waals surface area contributed by atoms with Gasteiger partial charge in [0, 0.05) is 31.9 Å². The molecule has 1 N–H and O–H groups in total. The summed E-state index contributed by atoms with van der Waals surface area (Å²) in [6.45, 7) is 5.37. The maximum absolute atomic E-state index is 12.5. The zero-order chi connectivity index (χ0) is 19.4. The van der Waals surface area contributed by atoms with Crippen LogP contribution in [-0.4, -0.2) is 38.6 Å². The van der Waals surface area contributed by atoms with E-state index in [2.05, 4.69) is 15.5 Å². The molecule has 2 aromatic heterocycles. The van der Waals surface area contributed by atoms with Gasteiger partial charge in [0.1, 0.15) is 5.69 Å². The maximum Gasteiger partial charge on any atom is 0.269 e. The topological polar surface area (TPSA) is 74.0 Å². The first-order valence-corrected chi connectivity index (χ1v) is 8.92. The zero-order valence-corrected chi connectivity index (χ0v) is 16.2. The Hall–Kier alpha value is -2.93. The van der Waals surface area contributed by atoms with Crippen molar-refractivity contribution in [1.82, 2.24) is 24.9 Å². The Morgan fingerprint density at radius 1 is 1.11 bits per heavy atom. The van der Waals surface area contributed by atoms with Gasteiger partial charge in [0.15, 0.2) is 0 Å². The minimum absolute atomic E-state index is 0.168. The monoisotopic (exact) mass is 367 g/mol. The molecular formula is C20H25N5O2. The molecule has 7 nitrogen and oxygen atoms in total. The largest absolute Gasteiger partial charge is 0.375 e. The van der Waals surface area contributed by atoms with Crippen LogP contribution in [0, 0.1) is 13.8 Å². The van der Waals surface area contributed by atoms with Crippen LogP contribution in [0.2, 0.25) is 0 Å². The number of nitrogens with one attached hydrogen (secondary N) is 1. The van der Waals surface area contributed by atoms with E-state index in [1.54, 1.807) is 17.8 Å². The van der Waals surface area contributed by atoms with E-state index in [9.17, 15) is 4.79 Å². The van der Waals surface area contributed by atoms with E-state index < -0.39 is 0 Å². The molecule has 0 aliphatic rings. The molecule has 0 radical (unpaired) electrons. The summed E-state index contributed by atoms with van der Waals surface area (Å²) < 4.78 is 9.02. The van der Waals surface area contributed by atoms with Gasteiger partial charge in [-0.25, -0.2) is 0 Å². The second-order valence-corrected chi connectivity index (χ2v) is 6.50. The minimum atomic E-state index is -0.168. The first kappa shape index (κ1) is 18.8. The Morgan fingerprint density at radius 3 is 2.52 bits per heavy atom. The van der Waals surface area contributed by atoms with E-state index in [-0.39, 0.29) is 5.91 Å². The highest BCUT2D eigenvalue weighted by Crippen LogP contribution is 2.25. The fourth-order valence-electron chi connectivity index (χ4n) is 3.04. The van der Waals surface area contributed by atoms with E-state index in [1.165, 1.54) is 0 Å². The van der Waals surface area contributed by atoms with Crippen molar-refractivity contribution in [3.05, 3.63) is 59.0 Å². The van der Waals surface area contributed by atoms with Crippen molar-refractivity contribution >= 4 is 5.91 Å². The molecule has 1 aromatic carbocycles. The summed E-state index contributed by atoms with van der Waals surface area (Å²) in [5.74, 6) is -0.168. The molecule has 0 unspecified atom stereocenters. The standard InChI is InChI=1S/C20H25N5O2/c1-14-19(15(2)24(3)22-14)17-12-18(25(4)23-17)20(26)21-10-11-27-13-16-8-6-5-7-9-16/h5-9,12H,10-11,13H2,1-4H3,(H,21,26). The third kappa shape index (κ3) is 4.25. The van der Waals surface area contributed by atoms with E-state index >= 15 is 0 Å². The summed E-state index contributed by atoms with van der Waals surface area (Å²) in [7, 11) is 3.67. The highest BCUT2D eigenvalue weighted by Gasteiger charge is 2.19. The van der Waals surface area contributed by atoms with Crippen LogP contribution >= 0.6 is 0 Å². The van der Waals surface area contributed by atoms with Crippen LogP contribution < -0.4 is 5.32 Å². The quantitative estimate of drug-likeness (QED) is 0.651. The first-order chi connectivity index (χ1) is 13.0. The van der Waals surface area contributed by atoms with E-state index in [1.807, 2.05) is 55.9 Å². The number of hydrogen-bond acceptors (Lipinski definition) is 4. The Morgan fingerprint density at radius 2 is 1.85 bits per heavy atom. The molecule has 2 heterocycles. The fraction of sp³-hybridized carbons (Fsp3) is 0.350. The van der Waals surface area contributed by atoms with E-state index in [0.717, 1.165) is 28.2 Å². The van der Waals surface area contributed by atoms with Crippen LogP contribution in [0.1, 0.15) is 27.4 Å². The molecule has 0 spiro atoms. The van der Waals surface area contributed by atoms with Gasteiger partial charge in [-0.15, -0.1) is 0 Å². The third-order valence-corrected chi connectivity index (χ3v) is 4.52. The molecule has 0 saturated heterocycles. The van der Waals surface area contributed by atoms with Gasteiger partial charge in [-0.05, 0) is 25.5 Å². The lowest BCUT2D eigenvalue weighted by molar-refractivity contribution is 0.0892. The molecule has 1 amide bonds. The second-order valence-electron chi connectivity index (χ2n) is 6.50. The number of amides is 1. The fourth-order valence-corrected chi connectivity index (χ4v) is 3.04. The molecule has 0 aliphatic carbocycles. The number of benzene rings is 1. The smallest absolute Gasteiger partial charge is 0.269 e. The highest BCUT2D eigenvalue weighted by atomic mass is 16.5. The molecule has 3 aromatic rings. The molecule has 7 heteroatoms. The van der Waals surface area contributed by atoms with Gasteiger partial charge in [-0.1, -0.05) is 30.3 Å². The first-order valence-electron chi connectivity index (χ1n) is 8.92. The summed E-state index contributed by atoms with van der Waals surface area (Å²) in [6, 6.07) is 11.8. The van der Waals surface area contributed by atoms with Crippen LogP contribution in [0.25, 0.3) is 11.3 Å². The number of hydrogen-bond donors (Lipinski definition) is 1. The predicted molar refractivity (Wildman–Crippen MR) is 103 cm³/mol.